The predicted molar refractivity (Wildman–Crippen MR) is 139 cm³/mol. The molecule has 4 aromatic carbocycles. The van der Waals surface area contributed by atoms with Crippen LogP contribution in [0.2, 0.25) is 0 Å². The Kier molecular flexibility index (Phi) is 7.40. The van der Waals surface area contributed by atoms with Gasteiger partial charge in [0.15, 0.2) is 6.61 Å². The van der Waals surface area contributed by atoms with E-state index in [1.54, 1.807) is 36.2 Å². The van der Waals surface area contributed by atoms with Crippen LogP contribution in [0.4, 0.5) is 11.4 Å². The summed E-state index contributed by atoms with van der Waals surface area (Å²) in [5, 5.41) is 2.79. The molecule has 34 heavy (non-hydrogen) atoms. The summed E-state index contributed by atoms with van der Waals surface area (Å²) in [5.74, 6) is 0.0873. The fourth-order valence-corrected chi connectivity index (χ4v) is 3.95. The summed E-state index contributed by atoms with van der Waals surface area (Å²) in [6, 6.07) is 32.0. The largest absolute Gasteiger partial charge is 0.483 e. The van der Waals surface area contributed by atoms with Crippen molar-refractivity contribution in [3.63, 3.8) is 0 Å². The second-order valence-corrected chi connectivity index (χ2v) is 8.48. The molecule has 4 aromatic rings. The maximum Gasteiger partial charge on any atom is 0.262 e. The van der Waals surface area contributed by atoms with Crippen molar-refractivity contribution < 1.29 is 14.3 Å². The molecule has 170 valence electrons. The molecule has 0 saturated heterocycles. The van der Waals surface area contributed by atoms with Crippen LogP contribution in [0, 0.1) is 0 Å². The number of para-hydroxylation sites is 1. The third-order valence-corrected chi connectivity index (χ3v) is 5.86. The minimum atomic E-state index is -0.319. The van der Waals surface area contributed by atoms with E-state index in [1.807, 2.05) is 78.9 Å². The van der Waals surface area contributed by atoms with Gasteiger partial charge in [-0.15, -0.1) is 0 Å². The monoisotopic (exact) mass is 514 g/mol. The van der Waals surface area contributed by atoms with E-state index in [2.05, 4.69) is 21.2 Å². The molecule has 0 saturated carbocycles. The molecule has 0 unspecified atom stereocenters. The number of rotatable bonds is 7. The van der Waals surface area contributed by atoms with E-state index >= 15 is 0 Å². The number of carbonyl (C=O) groups excluding carboxylic acids is 2. The zero-order valence-electron chi connectivity index (χ0n) is 18.6. The molecular formula is C28H23BrN2O3. The van der Waals surface area contributed by atoms with Crippen LogP contribution in [0.15, 0.2) is 108 Å². The Labute approximate surface area is 207 Å². The van der Waals surface area contributed by atoms with E-state index in [4.69, 9.17) is 4.74 Å². The van der Waals surface area contributed by atoms with Gasteiger partial charge in [0.2, 0.25) is 0 Å². The smallest absolute Gasteiger partial charge is 0.262 e. The summed E-state index contributed by atoms with van der Waals surface area (Å²) >= 11 is 3.52. The zero-order chi connectivity index (χ0) is 23.9. The number of carbonyl (C=O) groups is 2. The van der Waals surface area contributed by atoms with Gasteiger partial charge in [0.05, 0.1) is 4.47 Å². The molecule has 0 aliphatic heterocycles. The van der Waals surface area contributed by atoms with Crippen molar-refractivity contribution in [2.45, 2.75) is 0 Å². The molecule has 0 bridgehead atoms. The van der Waals surface area contributed by atoms with Gasteiger partial charge in [0.25, 0.3) is 11.8 Å². The zero-order valence-corrected chi connectivity index (χ0v) is 20.2. The third kappa shape index (κ3) is 5.71. The van der Waals surface area contributed by atoms with Gasteiger partial charge in [0.1, 0.15) is 5.75 Å². The highest BCUT2D eigenvalue weighted by atomic mass is 79.9. The summed E-state index contributed by atoms with van der Waals surface area (Å²) in [5.41, 5.74) is 3.94. The molecule has 0 aliphatic rings. The van der Waals surface area contributed by atoms with E-state index in [1.165, 1.54) is 0 Å². The number of ether oxygens (including phenoxy) is 1. The summed E-state index contributed by atoms with van der Waals surface area (Å²) < 4.78 is 6.46. The summed E-state index contributed by atoms with van der Waals surface area (Å²) in [4.78, 5) is 26.9. The Morgan fingerprint density at radius 3 is 2.24 bits per heavy atom. The van der Waals surface area contributed by atoms with Gasteiger partial charge >= 0.3 is 0 Å². The van der Waals surface area contributed by atoms with Crippen LogP contribution in [0.5, 0.6) is 5.75 Å². The molecule has 0 fully saturated rings. The number of hydrogen-bond donors (Lipinski definition) is 1. The number of halogens is 1. The molecule has 0 aromatic heterocycles. The number of benzene rings is 4. The highest BCUT2D eigenvalue weighted by Crippen LogP contribution is 2.30. The van der Waals surface area contributed by atoms with E-state index < -0.39 is 0 Å². The fraction of sp³-hybridized carbons (Fsp3) is 0.0714. The lowest BCUT2D eigenvalue weighted by Crippen LogP contribution is -2.26. The second kappa shape index (κ2) is 10.8. The Bertz CT molecular complexity index is 1290. The van der Waals surface area contributed by atoms with Crippen LogP contribution >= 0.6 is 15.9 Å². The lowest BCUT2D eigenvalue weighted by atomic mass is 10.1. The second-order valence-electron chi connectivity index (χ2n) is 7.63. The SMILES string of the molecule is CN(C(=O)c1cccc(NC(=O)COc2ccc(-c3ccccc3)cc2Br)c1)c1ccccc1. The van der Waals surface area contributed by atoms with Crippen molar-refractivity contribution in [1.82, 2.24) is 0 Å². The topological polar surface area (TPSA) is 58.6 Å². The average Bonchev–Trinajstić information content (AvgIpc) is 2.88. The molecule has 2 amide bonds. The Hall–Kier alpha value is -3.90. The summed E-state index contributed by atoms with van der Waals surface area (Å²) in [6.07, 6.45) is 0. The maximum absolute atomic E-state index is 12.8. The van der Waals surface area contributed by atoms with Gasteiger partial charge in [-0.1, -0.05) is 60.7 Å². The van der Waals surface area contributed by atoms with Crippen LogP contribution in [-0.2, 0) is 4.79 Å². The van der Waals surface area contributed by atoms with Crippen LogP contribution in [-0.4, -0.2) is 25.5 Å². The van der Waals surface area contributed by atoms with Crippen LogP contribution in [0.1, 0.15) is 10.4 Å². The Balaban J connectivity index is 1.37. The maximum atomic E-state index is 12.8. The van der Waals surface area contributed by atoms with Gasteiger partial charge in [-0.2, -0.15) is 0 Å². The van der Waals surface area contributed by atoms with Gasteiger partial charge < -0.3 is 15.0 Å². The predicted octanol–water partition coefficient (Wildman–Crippen LogP) is 6.41. The van der Waals surface area contributed by atoms with Crippen molar-refractivity contribution in [2.24, 2.45) is 0 Å². The quantitative estimate of drug-likeness (QED) is 0.310. The molecule has 5 nitrogen and oxygen atoms in total. The van der Waals surface area contributed by atoms with Crippen LogP contribution in [0.3, 0.4) is 0 Å². The highest BCUT2D eigenvalue weighted by molar-refractivity contribution is 9.10. The number of nitrogens with zero attached hydrogens (tertiary/aromatic N) is 1. The van der Waals surface area contributed by atoms with Gasteiger partial charge in [-0.25, -0.2) is 0 Å². The molecule has 0 atom stereocenters. The van der Waals surface area contributed by atoms with Crippen molar-refractivity contribution in [3.8, 4) is 16.9 Å². The van der Waals surface area contributed by atoms with Gasteiger partial charge in [-0.05, 0) is 69.5 Å². The average molecular weight is 515 g/mol. The Morgan fingerprint density at radius 2 is 1.53 bits per heavy atom. The summed E-state index contributed by atoms with van der Waals surface area (Å²) in [7, 11) is 1.72. The molecule has 1 N–H and O–H groups in total. The van der Waals surface area contributed by atoms with E-state index in [9.17, 15) is 9.59 Å². The summed E-state index contributed by atoms with van der Waals surface area (Å²) in [6.45, 7) is -0.161. The lowest BCUT2D eigenvalue weighted by Gasteiger charge is -2.17. The molecule has 4 rings (SSSR count). The highest BCUT2D eigenvalue weighted by Gasteiger charge is 2.14. The van der Waals surface area contributed by atoms with E-state index in [-0.39, 0.29) is 18.4 Å². The normalized spacial score (nSPS) is 10.4. The first kappa shape index (κ1) is 23.3. The first-order valence-corrected chi connectivity index (χ1v) is 11.5. The molecule has 0 spiro atoms. The Morgan fingerprint density at radius 1 is 0.824 bits per heavy atom. The van der Waals surface area contributed by atoms with Gasteiger partial charge in [-0.3, -0.25) is 9.59 Å². The minimum Gasteiger partial charge on any atom is -0.483 e. The lowest BCUT2D eigenvalue weighted by molar-refractivity contribution is -0.118. The van der Waals surface area contributed by atoms with E-state index in [0.717, 1.165) is 21.3 Å². The van der Waals surface area contributed by atoms with E-state index in [0.29, 0.717) is 17.0 Å². The standard InChI is InChI=1S/C28H23BrN2O3/c1-31(24-13-6-3-7-14-24)28(33)22-11-8-12-23(17-22)30-27(32)19-34-26-16-15-21(18-25(26)29)20-9-4-2-5-10-20/h2-18H,19H2,1H3,(H,30,32). The first-order valence-electron chi connectivity index (χ1n) is 10.7. The molecular weight excluding hydrogens is 492 g/mol. The molecule has 0 aliphatic carbocycles. The minimum absolute atomic E-state index is 0.161. The van der Waals surface area contributed by atoms with Crippen molar-refractivity contribution in [3.05, 3.63) is 113 Å². The molecule has 6 heteroatoms. The van der Waals surface area contributed by atoms with Gasteiger partial charge in [0, 0.05) is 24.0 Å². The van der Waals surface area contributed by atoms with Crippen molar-refractivity contribution in [2.75, 3.05) is 23.9 Å². The molecule has 0 radical (unpaired) electrons. The number of hydrogen-bond acceptors (Lipinski definition) is 3. The fourth-order valence-electron chi connectivity index (χ4n) is 3.46. The van der Waals surface area contributed by atoms with Crippen LogP contribution < -0.4 is 15.0 Å². The third-order valence-electron chi connectivity index (χ3n) is 5.24. The van der Waals surface area contributed by atoms with Crippen LogP contribution in [0.25, 0.3) is 11.1 Å². The number of amides is 2. The number of nitrogens with one attached hydrogen (secondary N) is 1. The first-order chi connectivity index (χ1) is 16.5. The number of anilines is 2. The molecule has 0 heterocycles. The van der Waals surface area contributed by atoms with Crippen molar-refractivity contribution >= 4 is 39.1 Å². The van der Waals surface area contributed by atoms with Crippen molar-refractivity contribution in [1.29, 1.82) is 0 Å².